The molecule has 1 heterocycles. The minimum absolute atomic E-state index is 0.311. The van der Waals surface area contributed by atoms with Gasteiger partial charge in [-0.25, -0.2) is 4.79 Å². The summed E-state index contributed by atoms with van der Waals surface area (Å²) in [7, 11) is 1.05. The van der Waals surface area contributed by atoms with Crippen molar-refractivity contribution >= 4 is 23.9 Å². The monoisotopic (exact) mass is 576 g/mol. The van der Waals surface area contributed by atoms with Crippen molar-refractivity contribution in [3.05, 3.63) is 108 Å². The van der Waals surface area contributed by atoms with E-state index in [2.05, 4.69) is 0 Å². The number of esters is 4. The molecule has 42 heavy (non-hydrogen) atoms. The first kappa shape index (κ1) is 30.4. The summed E-state index contributed by atoms with van der Waals surface area (Å²) >= 11 is 0. The highest BCUT2D eigenvalue weighted by molar-refractivity contribution is 5.83. The Hall–Kier alpha value is -4.54. The summed E-state index contributed by atoms with van der Waals surface area (Å²) in [5.74, 6) is -6.24. The van der Waals surface area contributed by atoms with E-state index in [9.17, 15) is 19.2 Å². The lowest BCUT2D eigenvalue weighted by Crippen LogP contribution is -2.55. The van der Waals surface area contributed by atoms with Crippen LogP contribution in [0.25, 0.3) is 0 Å². The molecule has 0 amide bonds. The third kappa shape index (κ3) is 6.05. The quantitative estimate of drug-likeness (QED) is 0.201. The number of hydrogen-bond donors (Lipinski definition) is 0. The third-order valence-corrected chi connectivity index (χ3v) is 6.73. The van der Waals surface area contributed by atoms with Crippen LogP contribution in [-0.2, 0) is 53.2 Å². The van der Waals surface area contributed by atoms with Crippen molar-refractivity contribution < 1.29 is 47.6 Å². The standard InChI is InChI=1S/C32H32O10/c1-21(33)39-28-27(42-32(30(36)37-4,41-23(3)35)29(28)40-22(2)34)20-38-31(24-14-8-5-9-15-24,25-16-10-6-11-17-25)26-18-12-7-13-19-26/h5-19,27-29H,20H2,1-4H3/t27-,28-,29+,32-/m1/s1. The van der Waals surface area contributed by atoms with Crippen LogP contribution >= 0.6 is 0 Å². The molecule has 1 fully saturated rings. The third-order valence-electron chi connectivity index (χ3n) is 6.73. The molecule has 0 spiro atoms. The van der Waals surface area contributed by atoms with Crippen LogP contribution in [-0.4, -0.2) is 61.7 Å². The van der Waals surface area contributed by atoms with Crippen LogP contribution in [0.15, 0.2) is 91.0 Å². The van der Waals surface area contributed by atoms with Gasteiger partial charge in [0.15, 0.2) is 6.10 Å². The van der Waals surface area contributed by atoms with Crippen LogP contribution in [0.4, 0.5) is 0 Å². The van der Waals surface area contributed by atoms with Gasteiger partial charge in [-0.2, -0.15) is 0 Å². The van der Waals surface area contributed by atoms with E-state index in [0.29, 0.717) is 0 Å². The van der Waals surface area contributed by atoms with Gasteiger partial charge in [0.1, 0.15) is 11.7 Å². The molecule has 0 N–H and O–H groups in total. The summed E-state index contributed by atoms with van der Waals surface area (Å²) in [5, 5.41) is 0. The van der Waals surface area contributed by atoms with Gasteiger partial charge in [0.05, 0.1) is 13.7 Å². The molecule has 0 bridgehead atoms. The molecule has 4 rings (SSSR count). The Morgan fingerprint density at radius 2 is 1.17 bits per heavy atom. The molecular formula is C32H32O10. The second-order valence-corrected chi connectivity index (χ2v) is 9.60. The van der Waals surface area contributed by atoms with Gasteiger partial charge in [-0.15, -0.1) is 0 Å². The number of rotatable bonds is 10. The summed E-state index contributed by atoms with van der Waals surface area (Å²) in [6.07, 6.45) is -4.36. The molecule has 0 aromatic heterocycles. The predicted octanol–water partition coefficient (Wildman–Crippen LogP) is 3.69. The molecule has 220 valence electrons. The maximum Gasteiger partial charge on any atom is 0.383 e. The maximum atomic E-state index is 13.1. The summed E-state index contributed by atoms with van der Waals surface area (Å²) < 4.78 is 34.0. The van der Waals surface area contributed by atoms with Gasteiger partial charge < -0.3 is 28.4 Å². The van der Waals surface area contributed by atoms with Crippen LogP contribution in [0.1, 0.15) is 37.5 Å². The smallest absolute Gasteiger partial charge is 0.383 e. The van der Waals surface area contributed by atoms with Crippen molar-refractivity contribution in [2.24, 2.45) is 0 Å². The Morgan fingerprint density at radius 3 is 1.55 bits per heavy atom. The second-order valence-electron chi connectivity index (χ2n) is 9.60. The van der Waals surface area contributed by atoms with Gasteiger partial charge >= 0.3 is 29.7 Å². The molecule has 0 saturated carbocycles. The molecule has 3 aromatic rings. The summed E-state index contributed by atoms with van der Waals surface area (Å²) in [4.78, 5) is 49.7. The van der Waals surface area contributed by atoms with E-state index < -0.39 is 53.6 Å². The van der Waals surface area contributed by atoms with E-state index in [1.165, 1.54) is 0 Å². The highest BCUT2D eigenvalue weighted by Crippen LogP contribution is 2.43. The Bertz CT molecular complexity index is 1300. The highest BCUT2D eigenvalue weighted by Gasteiger charge is 2.67. The van der Waals surface area contributed by atoms with Gasteiger partial charge in [0.2, 0.25) is 6.10 Å². The Balaban J connectivity index is 1.86. The molecule has 1 aliphatic heterocycles. The zero-order valence-corrected chi connectivity index (χ0v) is 23.7. The highest BCUT2D eigenvalue weighted by atomic mass is 16.8. The van der Waals surface area contributed by atoms with Gasteiger partial charge in [-0.3, -0.25) is 14.4 Å². The number of carbonyl (C=O) groups excluding carboxylic acids is 4. The molecule has 1 aliphatic rings. The SMILES string of the molecule is COC(=O)[C@]1(OC(C)=O)O[C@H](COC(c2ccccc2)(c2ccccc2)c2ccccc2)[C@@H](OC(C)=O)[C@@H]1OC(C)=O. The van der Waals surface area contributed by atoms with Crippen LogP contribution in [0.5, 0.6) is 0 Å². The van der Waals surface area contributed by atoms with E-state index in [1.807, 2.05) is 91.0 Å². The van der Waals surface area contributed by atoms with Crippen LogP contribution in [0, 0.1) is 0 Å². The second kappa shape index (κ2) is 13.0. The molecule has 4 atom stereocenters. The van der Waals surface area contributed by atoms with Gasteiger partial charge in [0.25, 0.3) is 0 Å². The molecule has 3 aromatic carbocycles. The van der Waals surface area contributed by atoms with Crippen molar-refractivity contribution in [3.63, 3.8) is 0 Å². The first-order chi connectivity index (χ1) is 20.1. The maximum absolute atomic E-state index is 13.1. The summed E-state index contributed by atoms with van der Waals surface area (Å²) in [6.45, 7) is 2.98. The number of methoxy groups -OCH3 is 1. The lowest BCUT2D eigenvalue weighted by atomic mass is 9.80. The van der Waals surface area contributed by atoms with E-state index in [0.717, 1.165) is 44.6 Å². The molecule has 0 radical (unpaired) electrons. The molecule has 1 saturated heterocycles. The largest absolute Gasteiger partial charge is 0.464 e. The van der Waals surface area contributed by atoms with Crippen molar-refractivity contribution in [1.29, 1.82) is 0 Å². The van der Waals surface area contributed by atoms with E-state index >= 15 is 0 Å². The van der Waals surface area contributed by atoms with Crippen molar-refractivity contribution in [2.45, 2.75) is 50.5 Å². The van der Waals surface area contributed by atoms with Gasteiger partial charge in [0, 0.05) is 20.8 Å². The van der Waals surface area contributed by atoms with Gasteiger partial charge in [-0.05, 0) is 16.7 Å². The lowest BCUT2D eigenvalue weighted by Gasteiger charge is -2.37. The van der Waals surface area contributed by atoms with Crippen LogP contribution in [0.3, 0.4) is 0 Å². The number of ether oxygens (including phenoxy) is 6. The van der Waals surface area contributed by atoms with Crippen molar-refractivity contribution in [1.82, 2.24) is 0 Å². The van der Waals surface area contributed by atoms with E-state index in [-0.39, 0.29) is 6.61 Å². The molecular weight excluding hydrogens is 544 g/mol. The predicted molar refractivity (Wildman–Crippen MR) is 148 cm³/mol. The van der Waals surface area contributed by atoms with Crippen LogP contribution in [0.2, 0.25) is 0 Å². The average molecular weight is 577 g/mol. The summed E-state index contributed by atoms with van der Waals surface area (Å²) in [6, 6.07) is 28.4. The lowest BCUT2D eigenvalue weighted by molar-refractivity contribution is -0.259. The first-order valence-electron chi connectivity index (χ1n) is 13.2. The zero-order chi connectivity index (χ0) is 30.3. The van der Waals surface area contributed by atoms with Crippen molar-refractivity contribution in [3.8, 4) is 0 Å². The van der Waals surface area contributed by atoms with Crippen molar-refractivity contribution in [2.75, 3.05) is 13.7 Å². The molecule has 10 heteroatoms. The average Bonchev–Trinajstić information content (AvgIpc) is 3.25. The minimum Gasteiger partial charge on any atom is -0.464 e. The Labute approximate surface area is 243 Å². The Kier molecular flexibility index (Phi) is 9.39. The number of carbonyl (C=O) groups is 4. The van der Waals surface area contributed by atoms with Gasteiger partial charge in [-0.1, -0.05) is 91.0 Å². The Morgan fingerprint density at radius 1 is 0.714 bits per heavy atom. The number of hydrogen-bond acceptors (Lipinski definition) is 10. The van der Waals surface area contributed by atoms with E-state index in [4.69, 9.17) is 28.4 Å². The summed E-state index contributed by atoms with van der Waals surface area (Å²) in [5.41, 5.74) is 1.13. The zero-order valence-electron chi connectivity index (χ0n) is 23.7. The van der Waals surface area contributed by atoms with Crippen LogP contribution < -0.4 is 0 Å². The fourth-order valence-electron chi connectivity index (χ4n) is 5.17. The molecule has 10 nitrogen and oxygen atoms in total. The normalized spacial score (nSPS) is 21.7. The fraction of sp³-hybridized carbons (Fsp3) is 0.312. The minimum atomic E-state index is -2.56. The fourth-order valence-corrected chi connectivity index (χ4v) is 5.17. The molecule has 0 aliphatic carbocycles. The number of benzene rings is 3. The first-order valence-corrected chi connectivity index (χ1v) is 13.2. The molecule has 0 unspecified atom stereocenters. The topological polar surface area (TPSA) is 124 Å². The van der Waals surface area contributed by atoms with E-state index in [1.54, 1.807) is 0 Å².